The van der Waals surface area contributed by atoms with Gasteiger partial charge < -0.3 is 24.1 Å². The van der Waals surface area contributed by atoms with E-state index in [2.05, 4.69) is 5.32 Å². The number of nitrogens with one attached hydrogen (secondary N) is 1. The molecule has 27 heavy (non-hydrogen) atoms. The zero-order valence-electron chi connectivity index (χ0n) is 15.6. The monoisotopic (exact) mass is 372 g/mol. The summed E-state index contributed by atoms with van der Waals surface area (Å²) in [6, 6.07) is 9.29. The van der Waals surface area contributed by atoms with E-state index in [1.54, 1.807) is 31.4 Å². The first kappa shape index (κ1) is 18.8. The molecule has 2 amide bonds. The van der Waals surface area contributed by atoms with E-state index in [1.807, 2.05) is 24.3 Å². The maximum absolute atomic E-state index is 12.4. The van der Waals surface area contributed by atoms with Crippen molar-refractivity contribution in [2.24, 2.45) is 5.92 Å². The van der Waals surface area contributed by atoms with Gasteiger partial charge in [0, 0.05) is 19.5 Å². The van der Waals surface area contributed by atoms with Gasteiger partial charge in [-0.2, -0.15) is 0 Å². The quantitative estimate of drug-likeness (QED) is 0.767. The van der Waals surface area contributed by atoms with Crippen LogP contribution in [0.25, 0.3) is 0 Å². The number of benzene rings is 1. The maximum atomic E-state index is 12.4. The zero-order chi connectivity index (χ0) is 19.2. The molecule has 3 rings (SSSR count). The van der Waals surface area contributed by atoms with Crippen LogP contribution in [0.15, 0.2) is 41.0 Å². The van der Waals surface area contributed by atoms with Crippen molar-refractivity contribution in [2.45, 2.75) is 19.4 Å². The summed E-state index contributed by atoms with van der Waals surface area (Å²) in [5.74, 6) is 1.62. The Bertz CT molecular complexity index is 788. The Balaban J connectivity index is 1.47. The lowest BCUT2D eigenvalue weighted by atomic mass is 10.1. The van der Waals surface area contributed by atoms with Gasteiger partial charge in [-0.1, -0.05) is 6.07 Å². The van der Waals surface area contributed by atoms with E-state index < -0.39 is 0 Å². The number of methoxy groups -OCH3 is 2. The number of ether oxygens (including phenoxy) is 2. The summed E-state index contributed by atoms with van der Waals surface area (Å²) in [6.07, 6.45) is 2.49. The van der Waals surface area contributed by atoms with Crippen LogP contribution in [-0.4, -0.2) is 44.0 Å². The van der Waals surface area contributed by atoms with Crippen molar-refractivity contribution < 1.29 is 23.5 Å². The lowest BCUT2D eigenvalue weighted by Crippen LogP contribution is -2.34. The lowest BCUT2D eigenvalue weighted by molar-refractivity contribution is -0.129. The summed E-state index contributed by atoms with van der Waals surface area (Å²) in [6.45, 7) is 1.32. The van der Waals surface area contributed by atoms with Crippen molar-refractivity contribution >= 4 is 11.8 Å². The second kappa shape index (κ2) is 8.62. The fourth-order valence-corrected chi connectivity index (χ4v) is 3.20. The number of furan rings is 1. The van der Waals surface area contributed by atoms with E-state index in [9.17, 15) is 9.59 Å². The molecule has 1 aromatic carbocycles. The maximum Gasteiger partial charge on any atom is 0.225 e. The molecule has 1 aliphatic heterocycles. The zero-order valence-corrected chi connectivity index (χ0v) is 15.6. The summed E-state index contributed by atoms with van der Waals surface area (Å²) in [4.78, 5) is 26.2. The van der Waals surface area contributed by atoms with Crippen LogP contribution >= 0.6 is 0 Å². The molecule has 1 atom stereocenters. The third kappa shape index (κ3) is 4.61. The Morgan fingerprint density at radius 1 is 1.26 bits per heavy atom. The number of hydrogen-bond donors (Lipinski definition) is 1. The van der Waals surface area contributed by atoms with E-state index in [0.717, 1.165) is 11.3 Å². The van der Waals surface area contributed by atoms with Crippen LogP contribution in [0.1, 0.15) is 17.7 Å². The number of carbonyl (C=O) groups excluding carboxylic acids is 2. The molecule has 0 unspecified atom stereocenters. The van der Waals surface area contributed by atoms with Crippen LogP contribution in [0.4, 0.5) is 0 Å². The Kier molecular flexibility index (Phi) is 6.01. The average molecular weight is 372 g/mol. The van der Waals surface area contributed by atoms with Gasteiger partial charge in [0.2, 0.25) is 11.8 Å². The Morgan fingerprint density at radius 3 is 2.78 bits per heavy atom. The largest absolute Gasteiger partial charge is 0.493 e. The van der Waals surface area contributed by atoms with Gasteiger partial charge >= 0.3 is 0 Å². The molecular formula is C20H24N2O5. The predicted octanol–water partition coefficient (Wildman–Crippen LogP) is 2.00. The molecule has 1 aliphatic rings. The van der Waals surface area contributed by atoms with E-state index in [0.29, 0.717) is 37.6 Å². The van der Waals surface area contributed by atoms with Crippen LogP contribution in [0.3, 0.4) is 0 Å². The number of amides is 2. The number of likely N-dealkylation sites (tertiary alicyclic amines) is 1. The van der Waals surface area contributed by atoms with Crippen LogP contribution in [0, 0.1) is 5.92 Å². The van der Waals surface area contributed by atoms with Crippen molar-refractivity contribution in [3.05, 3.63) is 47.9 Å². The number of carbonyl (C=O) groups is 2. The molecule has 2 heterocycles. The van der Waals surface area contributed by atoms with Gasteiger partial charge in [0.15, 0.2) is 11.5 Å². The molecule has 0 radical (unpaired) electrons. The molecule has 2 aromatic rings. The number of rotatable bonds is 8. The first-order valence-electron chi connectivity index (χ1n) is 8.89. The third-order valence-corrected chi connectivity index (χ3v) is 4.67. The second-order valence-electron chi connectivity index (χ2n) is 6.49. The SMILES string of the molecule is COc1ccc(CCNC(=O)[C@H]2CC(=O)N(Cc3ccco3)C2)cc1OC. The van der Waals surface area contributed by atoms with Crippen molar-refractivity contribution in [2.75, 3.05) is 27.3 Å². The van der Waals surface area contributed by atoms with Crippen LogP contribution in [-0.2, 0) is 22.6 Å². The van der Waals surface area contributed by atoms with E-state index in [4.69, 9.17) is 13.9 Å². The normalized spacial score (nSPS) is 16.4. The van der Waals surface area contributed by atoms with Crippen LogP contribution in [0.2, 0.25) is 0 Å². The predicted molar refractivity (Wildman–Crippen MR) is 98.5 cm³/mol. The van der Waals surface area contributed by atoms with Crippen molar-refractivity contribution in [1.29, 1.82) is 0 Å². The van der Waals surface area contributed by atoms with Gasteiger partial charge in [0.1, 0.15) is 5.76 Å². The molecule has 7 heteroatoms. The third-order valence-electron chi connectivity index (χ3n) is 4.67. The number of hydrogen-bond acceptors (Lipinski definition) is 5. The summed E-state index contributed by atoms with van der Waals surface area (Å²) in [5.41, 5.74) is 1.04. The fraction of sp³-hybridized carbons (Fsp3) is 0.400. The molecule has 1 saturated heterocycles. The average Bonchev–Trinajstić information content (AvgIpc) is 3.32. The van der Waals surface area contributed by atoms with E-state index >= 15 is 0 Å². The Hall–Kier alpha value is -2.96. The molecule has 0 saturated carbocycles. The van der Waals surface area contributed by atoms with Crippen LogP contribution < -0.4 is 14.8 Å². The minimum absolute atomic E-state index is 0.0218. The highest BCUT2D eigenvalue weighted by atomic mass is 16.5. The minimum Gasteiger partial charge on any atom is -0.493 e. The highest BCUT2D eigenvalue weighted by Crippen LogP contribution is 2.27. The lowest BCUT2D eigenvalue weighted by Gasteiger charge is -2.15. The smallest absolute Gasteiger partial charge is 0.225 e. The molecule has 7 nitrogen and oxygen atoms in total. The van der Waals surface area contributed by atoms with Gasteiger partial charge in [0.05, 0.1) is 32.9 Å². The molecular weight excluding hydrogens is 348 g/mol. The van der Waals surface area contributed by atoms with Crippen molar-refractivity contribution in [3.8, 4) is 11.5 Å². The van der Waals surface area contributed by atoms with E-state index in [-0.39, 0.29) is 24.2 Å². The molecule has 1 fully saturated rings. The highest BCUT2D eigenvalue weighted by Gasteiger charge is 2.34. The topological polar surface area (TPSA) is 81.0 Å². The molecule has 1 aromatic heterocycles. The summed E-state index contributed by atoms with van der Waals surface area (Å²) in [5, 5.41) is 2.93. The van der Waals surface area contributed by atoms with Gasteiger partial charge in [-0.3, -0.25) is 9.59 Å². The fourth-order valence-electron chi connectivity index (χ4n) is 3.20. The van der Waals surface area contributed by atoms with Crippen molar-refractivity contribution in [1.82, 2.24) is 10.2 Å². The first-order valence-corrected chi connectivity index (χ1v) is 8.89. The highest BCUT2D eigenvalue weighted by molar-refractivity contribution is 5.89. The minimum atomic E-state index is -0.321. The van der Waals surface area contributed by atoms with Gasteiger partial charge in [-0.05, 0) is 36.2 Å². The molecule has 144 valence electrons. The number of nitrogens with zero attached hydrogens (tertiary/aromatic N) is 1. The van der Waals surface area contributed by atoms with Gasteiger partial charge in [0.25, 0.3) is 0 Å². The molecule has 1 N–H and O–H groups in total. The standard InChI is InChI=1S/C20H24N2O5/c1-25-17-6-5-14(10-18(17)26-2)7-8-21-20(24)15-11-19(23)22(12-15)13-16-4-3-9-27-16/h3-6,9-10,15H,7-8,11-13H2,1-2H3,(H,21,24)/t15-/m0/s1. The molecule has 0 aliphatic carbocycles. The van der Waals surface area contributed by atoms with Crippen LogP contribution in [0.5, 0.6) is 11.5 Å². The van der Waals surface area contributed by atoms with Crippen molar-refractivity contribution in [3.63, 3.8) is 0 Å². The van der Waals surface area contributed by atoms with E-state index in [1.165, 1.54) is 0 Å². The Morgan fingerprint density at radius 2 is 2.07 bits per heavy atom. The van der Waals surface area contributed by atoms with Gasteiger partial charge in [-0.25, -0.2) is 0 Å². The Labute approximate surface area is 158 Å². The first-order chi connectivity index (χ1) is 13.1. The summed E-state index contributed by atoms with van der Waals surface area (Å²) in [7, 11) is 3.19. The summed E-state index contributed by atoms with van der Waals surface area (Å²) >= 11 is 0. The van der Waals surface area contributed by atoms with Gasteiger partial charge in [-0.15, -0.1) is 0 Å². The summed E-state index contributed by atoms with van der Waals surface area (Å²) < 4.78 is 15.8. The molecule has 0 spiro atoms. The second-order valence-corrected chi connectivity index (χ2v) is 6.49. The molecule has 0 bridgehead atoms.